The van der Waals surface area contributed by atoms with Crippen molar-refractivity contribution in [1.29, 1.82) is 0 Å². The molecule has 0 aliphatic carbocycles. The predicted molar refractivity (Wildman–Crippen MR) is 103 cm³/mol. The van der Waals surface area contributed by atoms with E-state index in [9.17, 15) is 9.59 Å². The Morgan fingerprint density at radius 3 is 2.56 bits per heavy atom. The zero-order valence-corrected chi connectivity index (χ0v) is 16.2. The van der Waals surface area contributed by atoms with Gasteiger partial charge in [0.2, 0.25) is 5.91 Å². The summed E-state index contributed by atoms with van der Waals surface area (Å²) in [6, 6.07) is 13.9. The Morgan fingerprint density at radius 1 is 1.15 bits per heavy atom. The maximum absolute atomic E-state index is 13.2. The van der Waals surface area contributed by atoms with Crippen LogP contribution in [0.3, 0.4) is 0 Å². The van der Waals surface area contributed by atoms with Gasteiger partial charge < -0.3 is 14.2 Å². The van der Waals surface area contributed by atoms with Crippen molar-refractivity contribution in [1.82, 2.24) is 14.4 Å². The van der Waals surface area contributed by atoms with Crippen molar-refractivity contribution in [3.63, 3.8) is 0 Å². The molecule has 0 N–H and O–H groups in total. The number of amides is 2. The first kappa shape index (κ1) is 19.0. The zero-order valence-electron chi connectivity index (χ0n) is 16.2. The number of aromatic nitrogens is 1. The van der Waals surface area contributed by atoms with Gasteiger partial charge in [-0.1, -0.05) is 44.2 Å². The Morgan fingerprint density at radius 2 is 1.89 bits per heavy atom. The summed E-state index contributed by atoms with van der Waals surface area (Å²) in [5.41, 5.74) is 2.16. The van der Waals surface area contributed by atoms with E-state index in [1.165, 1.54) is 12.0 Å². The minimum absolute atomic E-state index is 0.0227. The van der Waals surface area contributed by atoms with Crippen LogP contribution in [0.1, 0.15) is 31.1 Å². The minimum atomic E-state index is -0.464. The molecule has 1 unspecified atom stereocenters. The normalized spacial score (nSPS) is 16.1. The Hall–Kier alpha value is -2.76. The van der Waals surface area contributed by atoms with Gasteiger partial charge in [0.1, 0.15) is 6.54 Å². The van der Waals surface area contributed by atoms with Gasteiger partial charge in [-0.2, -0.15) is 0 Å². The molecule has 1 aromatic carbocycles. The van der Waals surface area contributed by atoms with Crippen molar-refractivity contribution in [3.05, 3.63) is 59.9 Å². The Labute approximate surface area is 160 Å². The third kappa shape index (κ3) is 4.15. The Balaban J connectivity index is 1.87. The number of benzene rings is 1. The molecule has 1 atom stereocenters. The molecule has 0 saturated carbocycles. The summed E-state index contributed by atoms with van der Waals surface area (Å²) in [5, 5.41) is 0. The largest absolute Gasteiger partial charge is 0.453 e. The van der Waals surface area contributed by atoms with Gasteiger partial charge in [0.05, 0.1) is 13.2 Å². The average Bonchev–Trinajstić information content (AvgIpc) is 3.15. The number of rotatable bonds is 5. The van der Waals surface area contributed by atoms with Crippen LogP contribution in [0.25, 0.3) is 0 Å². The molecule has 0 radical (unpaired) electrons. The number of hydrogen-bond donors (Lipinski definition) is 0. The second kappa shape index (κ2) is 8.29. The molecule has 1 aromatic heterocycles. The highest BCUT2D eigenvalue weighted by atomic mass is 16.5. The molecule has 27 heavy (non-hydrogen) atoms. The highest BCUT2D eigenvalue weighted by Gasteiger charge is 2.33. The lowest BCUT2D eigenvalue weighted by Crippen LogP contribution is -2.48. The summed E-state index contributed by atoms with van der Waals surface area (Å²) in [6.07, 6.45) is 1.58. The van der Waals surface area contributed by atoms with E-state index in [0.29, 0.717) is 13.1 Å². The Kier molecular flexibility index (Phi) is 5.84. The van der Waals surface area contributed by atoms with E-state index >= 15 is 0 Å². The summed E-state index contributed by atoms with van der Waals surface area (Å²) in [7, 11) is 1.35. The molecule has 2 aromatic rings. The third-order valence-electron chi connectivity index (χ3n) is 4.82. The summed E-state index contributed by atoms with van der Waals surface area (Å²) in [6.45, 7) is 5.89. The number of hydrogen-bond acceptors (Lipinski definition) is 3. The second-order valence-corrected chi connectivity index (χ2v) is 7.27. The number of nitrogens with zero attached hydrogens (tertiary/aromatic N) is 3. The number of ether oxygens (including phenoxy) is 1. The predicted octanol–water partition coefficient (Wildman–Crippen LogP) is 3.14. The fraction of sp³-hybridized carbons (Fsp3) is 0.429. The number of carbonyl (C=O) groups excluding carboxylic acids is 2. The first-order valence-corrected chi connectivity index (χ1v) is 9.33. The standard InChI is InChI=1S/C21H27N3O3/c1-16(2)14-23(21(26)27-3)15-19(25)24-13-12-22-11-7-10-18(22)20(24)17-8-5-4-6-9-17/h4-11,16,20H,12-15H2,1-3H3. The van der Waals surface area contributed by atoms with Gasteiger partial charge in [-0.15, -0.1) is 0 Å². The van der Waals surface area contributed by atoms with Gasteiger partial charge in [-0.3, -0.25) is 9.69 Å². The van der Waals surface area contributed by atoms with Gasteiger partial charge in [0.15, 0.2) is 0 Å². The maximum Gasteiger partial charge on any atom is 0.409 e. The lowest BCUT2D eigenvalue weighted by Gasteiger charge is -2.38. The molecule has 2 heterocycles. The van der Waals surface area contributed by atoms with Crippen LogP contribution in [0.5, 0.6) is 0 Å². The van der Waals surface area contributed by atoms with E-state index in [4.69, 9.17) is 4.74 Å². The van der Waals surface area contributed by atoms with Crippen LogP contribution in [0.15, 0.2) is 48.7 Å². The van der Waals surface area contributed by atoms with Crippen LogP contribution in [0, 0.1) is 5.92 Å². The molecule has 6 heteroatoms. The van der Waals surface area contributed by atoms with Crippen molar-refractivity contribution in [2.75, 3.05) is 26.7 Å². The Bertz CT molecular complexity index is 785. The SMILES string of the molecule is COC(=O)N(CC(=O)N1CCn2cccc2C1c1ccccc1)CC(C)C. The smallest absolute Gasteiger partial charge is 0.409 e. The lowest BCUT2D eigenvalue weighted by atomic mass is 10.00. The molecule has 2 amide bonds. The molecule has 0 spiro atoms. The number of carbonyl (C=O) groups is 2. The highest BCUT2D eigenvalue weighted by molar-refractivity contribution is 5.83. The summed E-state index contributed by atoms with van der Waals surface area (Å²) in [4.78, 5) is 28.7. The summed E-state index contributed by atoms with van der Waals surface area (Å²) >= 11 is 0. The number of methoxy groups -OCH3 is 1. The number of fused-ring (bicyclic) bond motifs is 1. The van der Waals surface area contributed by atoms with Gasteiger partial charge in [-0.05, 0) is 23.6 Å². The van der Waals surface area contributed by atoms with Gasteiger partial charge in [-0.25, -0.2) is 4.79 Å². The second-order valence-electron chi connectivity index (χ2n) is 7.27. The first-order chi connectivity index (χ1) is 13.0. The quantitative estimate of drug-likeness (QED) is 0.814. The van der Waals surface area contributed by atoms with Crippen LogP contribution < -0.4 is 0 Å². The molecule has 0 bridgehead atoms. The van der Waals surface area contributed by atoms with E-state index in [2.05, 4.69) is 10.6 Å². The van der Waals surface area contributed by atoms with E-state index in [0.717, 1.165) is 17.8 Å². The zero-order chi connectivity index (χ0) is 19.4. The van der Waals surface area contributed by atoms with Gasteiger partial charge >= 0.3 is 6.09 Å². The molecule has 0 fully saturated rings. The van der Waals surface area contributed by atoms with Gasteiger partial charge in [0, 0.05) is 31.5 Å². The summed E-state index contributed by atoms with van der Waals surface area (Å²) < 4.78 is 7.06. The lowest BCUT2D eigenvalue weighted by molar-refractivity contribution is -0.134. The van der Waals surface area contributed by atoms with Crippen LogP contribution in [-0.4, -0.2) is 53.1 Å². The molecule has 3 rings (SSSR count). The van der Waals surface area contributed by atoms with Crippen LogP contribution >= 0.6 is 0 Å². The first-order valence-electron chi connectivity index (χ1n) is 9.33. The maximum atomic E-state index is 13.2. The molecule has 144 valence electrons. The van der Waals surface area contributed by atoms with Crippen molar-refractivity contribution >= 4 is 12.0 Å². The van der Waals surface area contributed by atoms with Crippen molar-refractivity contribution < 1.29 is 14.3 Å². The highest BCUT2D eigenvalue weighted by Crippen LogP contribution is 2.32. The van der Waals surface area contributed by atoms with E-state index < -0.39 is 6.09 Å². The van der Waals surface area contributed by atoms with Crippen molar-refractivity contribution in [2.45, 2.75) is 26.4 Å². The van der Waals surface area contributed by atoms with Gasteiger partial charge in [0.25, 0.3) is 0 Å². The molecule has 1 aliphatic rings. The topological polar surface area (TPSA) is 54.8 Å². The molecule has 1 aliphatic heterocycles. The molecule has 0 saturated heterocycles. The molecule has 6 nitrogen and oxygen atoms in total. The average molecular weight is 369 g/mol. The van der Waals surface area contributed by atoms with E-state index in [-0.39, 0.29) is 24.4 Å². The van der Waals surface area contributed by atoms with E-state index in [1.54, 1.807) is 0 Å². The fourth-order valence-corrected chi connectivity index (χ4v) is 3.67. The van der Waals surface area contributed by atoms with Crippen LogP contribution in [0.4, 0.5) is 4.79 Å². The fourth-order valence-electron chi connectivity index (χ4n) is 3.67. The summed E-state index contributed by atoms with van der Waals surface area (Å²) in [5.74, 6) is 0.183. The van der Waals surface area contributed by atoms with Crippen LogP contribution in [-0.2, 0) is 16.1 Å². The van der Waals surface area contributed by atoms with E-state index in [1.807, 2.05) is 61.3 Å². The minimum Gasteiger partial charge on any atom is -0.453 e. The molecular weight excluding hydrogens is 342 g/mol. The monoisotopic (exact) mass is 369 g/mol. The van der Waals surface area contributed by atoms with Crippen molar-refractivity contribution in [3.8, 4) is 0 Å². The van der Waals surface area contributed by atoms with Crippen LogP contribution in [0.2, 0.25) is 0 Å². The van der Waals surface area contributed by atoms with Crippen molar-refractivity contribution in [2.24, 2.45) is 5.92 Å². The molecular formula is C21H27N3O3. The third-order valence-corrected chi connectivity index (χ3v) is 4.82.